The molecule has 0 fully saturated rings. The van der Waals surface area contributed by atoms with Gasteiger partial charge in [-0.2, -0.15) is 11.8 Å². The quantitative estimate of drug-likeness (QED) is 0.715. The number of nitrogens with one attached hydrogen (secondary N) is 1. The number of ether oxygens (including phenoxy) is 1. The number of methoxy groups -OCH3 is 1. The zero-order valence-electron chi connectivity index (χ0n) is 11.4. The van der Waals surface area contributed by atoms with E-state index in [9.17, 15) is 4.79 Å². The maximum absolute atomic E-state index is 12.0. The predicted molar refractivity (Wildman–Crippen MR) is 79.1 cm³/mol. The van der Waals surface area contributed by atoms with Crippen LogP contribution < -0.4 is 10.1 Å². The molecule has 0 spiro atoms. The molecule has 1 amide bonds. The van der Waals surface area contributed by atoms with Crippen LogP contribution in [0.2, 0.25) is 0 Å². The molecule has 4 nitrogen and oxygen atoms in total. The molecule has 19 heavy (non-hydrogen) atoms. The molecule has 0 saturated heterocycles. The molecule has 0 aromatic heterocycles. The molecule has 2 N–H and O–H groups in total. The van der Waals surface area contributed by atoms with Gasteiger partial charge in [0.05, 0.1) is 12.7 Å². The van der Waals surface area contributed by atoms with Gasteiger partial charge in [-0.25, -0.2) is 0 Å². The number of hydrogen-bond donors (Lipinski definition) is 2. The van der Waals surface area contributed by atoms with Crippen LogP contribution in [0.4, 0.5) is 0 Å². The number of aryl methyl sites for hydroxylation is 1. The van der Waals surface area contributed by atoms with Crippen molar-refractivity contribution in [3.63, 3.8) is 0 Å². The van der Waals surface area contributed by atoms with Crippen molar-refractivity contribution in [2.75, 3.05) is 31.8 Å². The molecule has 0 aliphatic rings. The molecule has 5 heteroatoms. The Bertz CT molecular complexity index is 410. The van der Waals surface area contributed by atoms with Crippen molar-refractivity contribution >= 4 is 17.7 Å². The van der Waals surface area contributed by atoms with Crippen molar-refractivity contribution in [2.24, 2.45) is 0 Å². The molecule has 1 aromatic carbocycles. The van der Waals surface area contributed by atoms with Gasteiger partial charge in [-0.3, -0.25) is 4.79 Å². The average Bonchev–Trinajstić information content (AvgIpc) is 2.42. The fourth-order valence-electron chi connectivity index (χ4n) is 1.60. The van der Waals surface area contributed by atoms with E-state index >= 15 is 0 Å². The first-order valence-corrected chi connectivity index (χ1v) is 7.46. The lowest BCUT2D eigenvalue weighted by molar-refractivity contribution is 0.0953. The van der Waals surface area contributed by atoms with Gasteiger partial charge < -0.3 is 15.2 Å². The topological polar surface area (TPSA) is 58.6 Å². The summed E-state index contributed by atoms with van der Waals surface area (Å²) in [5, 5.41) is 11.5. The van der Waals surface area contributed by atoms with E-state index in [1.807, 2.05) is 19.1 Å². The normalized spacial score (nSPS) is 10.3. The smallest absolute Gasteiger partial charge is 0.255 e. The Morgan fingerprint density at radius 1 is 1.42 bits per heavy atom. The number of aliphatic hydroxyl groups is 1. The van der Waals surface area contributed by atoms with Gasteiger partial charge in [-0.05, 0) is 31.2 Å². The third-order valence-electron chi connectivity index (χ3n) is 2.58. The van der Waals surface area contributed by atoms with Gasteiger partial charge in [0.25, 0.3) is 5.91 Å². The van der Waals surface area contributed by atoms with Crippen LogP contribution in [-0.2, 0) is 0 Å². The molecule has 0 atom stereocenters. The molecule has 0 aliphatic heterocycles. The number of benzene rings is 1. The Morgan fingerprint density at radius 2 is 2.21 bits per heavy atom. The number of aliphatic hydroxyl groups excluding tert-OH is 1. The fraction of sp³-hybridized carbons (Fsp3) is 0.500. The van der Waals surface area contributed by atoms with Crippen LogP contribution in [-0.4, -0.2) is 42.8 Å². The van der Waals surface area contributed by atoms with Crippen LogP contribution in [0.15, 0.2) is 18.2 Å². The molecule has 106 valence electrons. The maximum atomic E-state index is 12.0. The zero-order valence-corrected chi connectivity index (χ0v) is 12.3. The first kappa shape index (κ1) is 15.9. The molecule has 0 bridgehead atoms. The Kier molecular flexibility index (Phi) is 7.36. The van der Waals surface area contributed by atoms with E-state index in [0.717, 1.165) is 23.5 Å². The minimum Gasteiger partial charge on any atom is -0.496 e. The second-order valence-corrected chi connectivity index (χ2v) is 5.37. The summed E-state index contributed by atoms with van der Waals surface area (Å²) in [5.41, 5.74) is 1.60. The summed E-state index contributed by atoms with van der Waals surface area (Å²) >= 11 is 1.72. The lowest BCUT2D eigenvalue weighted by atomic mass is 10.1. The average molecular weight is 283 g/mol. The van der Waals surface area contributed by atoms with Gasteiger partial charge in [-0.1, -0.05) is 11.6 Å². The van der Waals surface area contributed by atoms with Crippen LogP contribution in [0, 0.1) is 6.92 Å². The second-order valence-electron chi connectivity index (χ2n) is 4.15. The second kappa shape index (κ2) is 8.82. The molecular weight excluding hydrogens is 262 g/mol. The molecule has 0 radical (unpaired) electrons. The van der Waals surface area contributed by atoms with E-state index in [-0.39, 0.29) is 12.5 Å². The number of thioether (sulfide) groups is 1. The van der Waals surface area contributed by atoms with Gasteiger partial charge >= 0.3 is 0 Å². The van der Waals surface area contributed by atoms with E-state index in [1.54, 1.807) is 24.9 Å². The Hall–Kier alpha value is -1.20. The lowest BCUT2D eigenvalue weighted by Crippen LogP contribution is -2.26. The van der Waals surface area contributed by atoms with E-state index in [2.05, 4.69) is 5.32 Å². The largest absolute Gasteiger partial charge is 0.496 e. The minimum absolute atomic E-state index is 0.108. The third-order valence-corrected chi connectivity index (χ3v) is 3.65. The first-order valence-electron chi connectivity index (χ1n) is 6.30. The van der Waals surface area contributed by atoms with Gasteiger partial charge in [0.2, 0.25) is 0 Å². The van der Waals surface area contributed by atoms with Crippen molar-refractivity contribution in [1.29, 1.82) is 0 Å². The highest BCUT2D eigenvalue weighted by atomic mass is 32.2. The number of rotatable bonds is 8. The highest BCUT2D eigenvalue weighted by molar-refractivity contribution is 7.99. The lowest BCUT2D eigenvalue weighted by Gasteiger charge is -2.10. The summed E-state index contributed by atoms with van der Waals surface area (Å²) in [7, 11) is 1.56. The summed E-state index contributed by atoms with van der Waals surface area (Å²) in [4.78, 5) is 12.0. The highest BCUT2D eigenvalue weighted by Gasteiger charge is 2.11. The van der Waals surface area contributed by atoms with Gasteiger partial charge in [0, 0.05) is 18.9 Å². The van der Waals surface area contributed by atoms with E-state index < -0.39 is 0 Å². The SMILES string of the molecule is COc1ccc(C)cc1C(=O)NCCSCCCO. The summed E-state index contributed by atoms with van der Waals surface area (Å²) in [6.45, 7) is 2.78. The van der Waals surface area contributed by atoms with Gasteiger partial charge in [0.15, 0.2) is 0 Å². The minimum atomic E-state index is -0.108. The number of carbonyl (C=O) groups excluding carboxylic acids is 1. The Balaban J connectivity index is 2.43. The summed E-state index contributed by atoms with van der Waals surface area (Å²) in [6.07, 6.45) is 0.796. The number of carbonyl (C=O) groups is 1. The number of hydrogen-bond acceptors (Lipinski definition) is 4. The first-order chi connectivity index (χ1) is 9.19. The van der Waals surface area contributed by atoms with Crippen molar-refractivity contribution in [2.45, 2.75) is 13.3 Å². The third kappa shape index (κ3) is 5.53. The summed E-state index contributed by atoms with van der Waals surface area (Å²) in [6, 6.07) is 5.55. The highest BCUT2D eigenvalue weighted by Crippen LogP contribution is 2.19. The van der Waals surface area contributed by atoms with Crippen LogP contribution in [0.5, 0.6) is 5.75 Å². The van der Waals surface area contributed by atoms with Crippen molar-refractivity contribution < 1.29 is 14.6 Å². The monoisotopic (exact) mass is 283 g/mol. The molecule has 0 aliphatic carbocycles. The Morgan fingerprint density at radius 3 is 2.89 bits per heavy atom. The standard InChI is InChI=1S/C14H21NO3S/c1-11-4-5-13(18-2)12(10-11)14(17)15-6-9-19-8-3-7-16/h4-5,10,16H,3,6-9H2,1-2H3,(H,15,17). The fourth-order valence-corrected chi connectivity index (χ4v) is 2.38. The summed E-state index contributed by atoms with van der Waals surface area (Å²) in [5.74, 6) is 2.25. The van der Waals surface area contributed by atoms with E-state index in [1.165, 1.54) is 0 Å². The van der Waals surface area contributed by atoms with Gasteiger partial charge in [0.1, 0.15) is 5.75 Å². The zero-order chi connectivity index (χ0) is 14.1. The van der Waals surface area contributed by atoms with Crippen LogP contribution in [0.25, 0.3) is 0 Å². The molecule has 1 rings (SSSR count). The van der Waals surface area contributed by atoms with Gasteiger partial charge in [-0.15, -0.1) is 0 Å². The van der Waals surface area contributed by atoms with E-state index in [4.69, 9.17) is 9.84 Å². The number of amides is 1. The maximum Gasteiger partial charge on any atom is 0.255 e. The summed E-state index contributed by atoms with van der Waals surface area (Å²) < 4.78 is 5.19. The van der Waals surface area contributed by atoms with Crippen molar-refractivity contribution in [3.8, 4) is 5.75 Å². The Labute approximate surface area is 118 Å². The van der Waals surface area contributed by atoms with Crippen LogP contribution in [0.3, 0.4) is 0 Å². The molecular formula is C14H21NO3S. The van der Waals surface area contributed by atoms with Crippen LogP contribution in [0.1, 0.15) is 22.3 Å². The van der Waals surface area contributed by atoms with Crippen LogP contribution >= 0.6 is 11.8 Å². The van der Waals surface area contributed by atoms with E-state index in [0.29, 0.717) is 17.9 Å². The van der Waals surface area contributed by atoms with Crippen molar-refractivity contribution in [1.82, 2.24) is 5.32 Å². The molecule has 0 unspecified atom stereocenters. The molecule has 1 aromatic rings. The molecule has 0 saturated carbocycles. The molecule has 0 heterocycles. The van der Waals surface area contributed by atoms with Crippen molar-refractivity contribution in [3.05, 3.63) is 29.3 Å². The predicted octanol–water partition coefficient (Wildman–Crippen LogP) is 1.85.